The summed E-state index contributed by atoms with van der Waals surface area (Å²) in [4.78, 5) is 44.8. The van der Waals surface area contributed by atoms with Crippen LogP contribution in [0.25, 0.3) is 11.2 Å². The lowest BCUT2D eigenvalue weighted by Gasteiger charge is -2.12. The molecule has 0 saturated carbocycles. The highest BCUT2D eigenvalue weighted by molar-refractivity contribution is 5.91. The maximum Gasteiger partial charge on any atom is 0.330 e. The van der Waals surface area contributed by atoms with Crippen molar-refractivity contribution in [1.82, 2.24) is 19.1 Å². The largest absolute Gasteiger partial charge is 0.330 e. The number of unbranched alkanes of at least 4 members (excludes halogenated alkanes) is 1. The third kappa shape index (κ3) is 5.18. The Hall–Kier alpha value is -3.16. The minimum atomic E-state index is -0.441. The van der Waals surface area contributed by atoms with Gasteiger partial charge in [-0.3, -0.25) is 19.1 Å². The van der Waals surface area contributed by atoms with Crippen LogP contribution in [0.1, 0.15) is 57.0 Å². The van der Waals surface area contributed by atoms with Gasteiger partial charge in [0, 0.05) is 31.6 Å². The Bertz CT molecular complexity index is 1230. The highest BCUT2D eigenvalue weighted by atomic mass is 16.2. The molecule has 8 nitrogen and oxygen atoms in total. The first-order valence-corrected chi connectivity index (χ1v) is 11.3. The number of anilines is 1. The van der Waals surface area contributed by atoms with Gasteiger partial charge >= 0.3 is 5.69 Å². The Morgan fingerprint density at radius 3 is 2.56 bits per heavy atom. The average Bonchev–Trinajstić information content (AvgIpc) is 3.07. The van der Waals surface area contributed by atoms with E-state index in [0.717, 1.165) is 24.1 Å². The summed E-state index contributed by atoms with van der Waals surface area (Å²) in [5, 5.41) is 2.93. The summed E-state index contributed by atoms with van der Waals surface area (Å²) in [7, 11) is 0. The summed E-state index contributed by atoms with van der Waals surface area (Å²) in [5.74, 6) is 0.796. The van der Waals surface area contributed by atoms with Gasteiger partial charge in [0.1, 0.15) is 5.82 Å². The zero-order valence-electron chi connectivity index (χ0n) is 19.6. The summed E-state index contributed by atoms with van der Waals surface area (Å²) in [6.07, 6.45) is 2.34. The van der Waals surface area contributed by atoms with Crippen LogP contribution in [0, 0.1) is 19.8 Å². The van der Waals surface area contributed by atoms with E-state index in [0.29, 0.717) is 36.5 Å². The molecule has 0 fully saturated rings. The van der Waals surface area contributed by atoms with Crippen LogP contribution in [-0.2, 0) is 24.3 Å². The van der Waals surface area contributed by atoms with E-state index in [1.165, 1.54) is 10.1 Å². The second kappa shape index (κ2) is 9.97. The third-order valence-corrected chi connectivity index (χ3v) is 5.61. The number of H-pyrrole nitrogens is 1. The smallest absolute Gasteiger partial charge is 0.326 e. The molecule has 0 atom stereocenters. The number of fused-ring (bicyclic) bond motifs is 1. The van der Waals surface area contributed by atoms with Gasteiger partial charge in [0.25, 0.3) is 5.56 Å². The number of aromatic nitrogens is 4. The molecule has 0 spiro atoms. The number of aromatic amines is 1. The monoisotopic (exact) mass is 439 g/mol. The van der Waals surface area contributed by atoms with Gasteiger partial charge in [-0.05, 0) is 49.4 Å². The van der Waals surface area contributed by atoms with E-state index >= 15 is 0 Å². The molecule has 0 aliphatic heterocycles. The number of rotatable bonds is 9. The Morgan fingerprint density at radius 2 is 1.91 bits per heavy atom. The van der Waals surface area contributed by atoms with Crippen LogP contribution >= 0.6 is 0 Å². The SMILES string of the molecule is CCCCn1c(=O)[nH]c(=O)c2c1nc(CCC(=O)Nc1ccc(C)c(C)c1)n2CC(C)C. The molecule has 0 saturated heterocycles. The van der Waals surface area contributed by atoms with Gasteiger partial charge in [0.15, 0.2) is 11.2 Å². The van der Waals surface area contributed by atoms with Crippen molar-refractivity contribution in [2.75, 3.05) is 5.32 Å². The molecule has 2 heterocycles. The van der Waals surface area contributed by atoms with Crippen LogP contribution in [0.15, 0.2) is 27.8 Å². The van der Waals surface area contributed by atoms with Gasteiger partial charge in [0.05, 0.1) is 0 Å². The second-order valence-corrected chi connectivity index (χ2v) is 8.82. The number of amides is 1. The molecule has 0 radical (unpaired) electrons. The van der Waals surface area contributed by atoms with E-state index in [1.54, 1.807) is 0 Å². The molecule has 172 valence electrons. The molecule has 3 rings (SSSR count). The highest BCUT2D eigenvalue weighted by Crippen LogP contribution is 2.17. The fraction of sp³-hybridized carbons (Fsp3) is 0.500. The zero-order chi connectivity index (χ0) is 23.4. The molecule has 0 aliphatic carbocycles. The van der Waals surface area contributed by atoms with Gasteiger partial charge in [-0.1, -0.05) is 33.3 Å². The van der Waals surface area contributed by atoms with E-state index in [1.807, 2.05) is 43.5 Å². The summed E-state index contributed by atoms with van der Waals surface area (Å²) >= 11 is 0. The first-order chi connectivity index (χ1) is 15.2. The van der Waals surface area contributed by atoms with Crippen LogP contribution in [0.2, 0.25) is 0 Å². The molecule has 3 aromatic rings. The van der Waals surface area contributed by atoms with E-state index in [2.05, 4.69) is 29.1 Å². The molecule has 2 aromatic heterocycles. The highest BCUT2D eigenvalue weighted by Gasteiger charge is 2.19. The molecule has 8 heteroatoms. The predicted octanol–water partition coefficient (Wildman–Crippen LogP) is 3.53. The van der Waals surface area contributed by atoms with Gasteiger partial charge in [-0.25, -0.2) is 9.78 Å². The van der Waals surface area contributed by atoms with Crippen LogP contribution < -0.4 is 16.6 Å². The van der Waals surface area contributed by atoms with Crippen molar-refractivity contribution in [2.45, 2.75) is 73.4 Å². The number of imidazole rings is 1. The number of carbonyl (C=O) groups excluding carboxylic acids is 1. The molecular formula is C24H33N5O3. The van der Waals surface area contributed by atoms with E-state index < -0.39 is 11.2 Å². The maximum atomic E-state index is 12.7. The first-order valence-electron chi connectivity index (χ1n) is 11.3. The number of nitrogens with zero attached hydrogens (tertiary/aromatic N) is 3. The number of carbonyl (C=O) groups is 1. The van der Waals surface area contributed by atoms with Crippen molar-refractivity contribution in [3.63, 3.8) is 0 Å². The average molecular weight is 440 g/mol. The molecule has 0 unspecified atom stereocenters. The fourth-order valence-electron chi connectivity index (χ4n) is 3.76. The second-order valence-electron chi connectivity index (χ2n) is 8.82. The summed E-state index contributed by atoms with van der Waals surface area (Å²) in [5.41, 5.74) is 2.98. The van der Waals surface area contributed by atoms with Crippen molar-refractivity contribution < 1.29 is 4.79 Å². The summed E-state index contributed by atoms with van der Waals surface area (Å²) < 4.78 is 3.40. The van der Waals surface area contributed by atoms with Crippen LogP contribution in [0.3, 0.4) is 0 Å². The summed E-state index contributed by atoms with van der Waals surface area (Å²) in [6.45, 7) is 11.3. The quantitative estimate of drug-likeness (QED) is 0.532. The van der Waals surface area contributed by atoms with Gasteiger partial charge < -0.3 is 9.88 Å². The number of aryl methyl sites for hydroxylation is 4. The Morgan fingerprint density at radius 1 is 1.16 bits per heavy atom. The molecule has 1 amide bonds. The number of benzene rings is 1. The number of hydrogen-bond donors (Lipinski definition) is 2. The lowest BCUT2D eigenvalue weighted by atomic mass is 10.1. The van der Waals surface area contributed by atoms with Crippen molar-refractivity contribution in [2.24, 2.45) is 5.92 Å². The molecule has 0 aliphatic rings. The third-order valence-electron chi connectivity index (χ3n) is 5.61. The summed E-state index contributed by atoms with van der Waals surface area (Å²) in [6, 6.07) is 5.82. The van der Waals surface area contributed by atoms with Crippen LogP contribution in [0.5, 0.6) is 0 Å². The van der Waals surface area contributed by atoms with Crippen molar-refractivity contribution >= 4 is 22.8 Å². The predicted molar refractivity (Wildman–Crippen MR) is 127 cm³/mol. The Labute approximate surface area is 187 Å². The van der Waals surface area contributed by atoms with Crippen molar-refractivity contribution in [3.05, 3.63) is 56.0 Å². The maximum absolute atomic E-state index is 12.7. The molecule has 2 N–H and O–H groups in total. The molecule has 1 aromatic carbocycles. The number of nitrogens with one attached hydrogen (secondary N) is 2. The van der Waals surface area contributed by atoms with Gasteiger partial charge in [-0.2, -0.15) is 0 Å². The van der Waals surface area contributed by atoms with E-state index in [4.69, 9.17) is 0 Å². The molecule has 0 bridgehead atoms. The Balaban J connectivity index is 1.91. The lowest BCUT2D eigenvalue weighted by Crippen LogP contribution is -2.31. The van der Waals surface area contributed by atoms with Crippen molar-refractivity contribution in [1.29, 1.82) is 0 Å². The van der Waals surface area contributed by atoms with E-state index in [9.17, 15) is 14.4 Å². The normalized spacial score (nSPS) is 11.4. The molecule has 32 heavy (non-hydrogen) atoms. The molecular weight excluding hydrogens is 406 g/mol. The zero-order valence-corrected chi connectivity index (χ0v) is 19.6. The topological polar surface area (TPSA) is 102 Å². The fourth-order valence-corrected chi connectivity index (χ4v) is 3.76. The number of hydrogen-bond acceptors (Lipinski definition) is 4. The van der Waals surface area contributed by atoms with Crippen LogP contribution in [0.4, 0.5) is 5.69 Å². The van der Waals surface area contributed by atoms with E-state index in [-0.39, 0.29) is 18.2 Å². The minimum Gasteiger partial charge on any atom is -0.326 e. The Kier molecular flexibility index (Phi) is 7.33. The minimum absolute atomic E-state index is 0.117. The van der Waals surface area contributed by atoms with Gasteiger partial charge in [0.2, 0.25) is 5.91 Å². The standard InChI is InChI=1S/C24H33N5O3/c1-6-7-12-28-22-21(23(31)27-24(28)32)29(14-15(2)3)19(26-22)10-11-20(30)25-18-9-8-16(4)17(5)13-18/h8-9,13,15H,6-7,10-12,14H2,1-5H3,(H,25,30)(H,27,31,32). The van der Waals surface area contributed by atoms with Crippen molar-refractivity contribution in [3.8, 4) is 0 Å². The van der Waals surface area contributed by atoms with Crippen LogP contribution in [-0.4, -0.2) is 25.0 Å². The lowest BCUT2D eigenvalue weighted by molar-refractivity contribution is -0.116. The van der Waals surface area contributed by atoms with Gasteiger partial charge in [-0.15, -0.1) is 0 Å². The first kappa shape index (κ1) is 23.5.